The number of anilines is 1. The van der Waals surface area contributed by atoms with E-state index >= 15 is 0 Å². The number of thiophene rings is 1. The maximum Gasteiger partial charge on any atom is 0.337 e. The summed E-state index contributed by atoms with van der Waals surface area (Å²) in [4.78, 5) is 27.9. The van der Waals surface area contributed by atoms with Crippen molar-refractivity contribution in [3.05, 3.63) is 69.1 Å². The predicted octanol–water partition coefficient (Wildman–Crippen LogP) is 4.94. The monoisotopic (exact) mass is 452 g/mol. The van der Waals surface area contributed by atoms with Crippen molar-refractivity contribution in [1.82, 2.24) is 0 Å². The van der Waals surface area contributed by atoms with Gasteiger partial charge in [-0.25, -0.2) is 4.79 Å². The van der Waals surface area contributed by atoms with Crippen LogP contribution in [0.3, 0.4) is 0 Å². The van der Waals surface area contributed by atoms with Crippen LogP contribution in [0.5, 0.6) is 5.75 Å². The third-order valence-corrected chi connectivity index (χ3v) is 6.54. The molecule has 0 aliphatic carbocycles. The zero-order valence-corrected chi connectivity index (χ0v) is 18.3. The summed E-state index contributed by atoms with van der Waals surface area (Å²) < 4.78 is 10.5. The van der Waals surface area contributed by atoms with Gasteiger partial charge in [-0.2, -0.15) is 5.26 Å². The third kappa shape index (κ3) is 3.88. The van der Waals surface area contributed by atoms with E-state index in [2.05, 4.69) is 6.07 Å². The lowest BCUT2D eigenvalue weighted by molar-refractivity contribution is 0.0600. The zero-order chi connectivity index (χ0) is 22.1. The summed E-state index contributed by atoms with van der Waals surface area (Å²) in [7, 11) is 2.94. The van der Waals surface area contributed by atoms with Crippen LogP contribution in [0.25, 0.3) is 10.4 Å². The summed E-state index contributed by atoms with van der Waals surface area (Å²) in [5.41, 5.74) is 3.23. The Morgan fingerprint density at radius 3 is 2.74 bits per heavy atom. The van der Waals surface area contributed by atoms with E-state index in [4.69, 9.17) is 26.3 Å². The molecule has 1 aliphatic heterocycles. The summed E-state index contributed by atoms with van der Waals surface area (Å²) in [5.74, 6) is -0.0554. The number of halogens is 1. The quantitative estimate of drug-likeness (QED) is 0.526. The van der Waals surface area contributed by atoms with Gasteiger partial charge in [0.05, 0.1) is 46.5 Å². The van der Waals surface area contributed by atoms with Crippen LogP contribution < -0.4 is 9.64 Å². The average Bonchev–Trinajstić information content (AvgIpc) is 3.13. The van der Waals surface area contributed by atoms with Crippen LogP contribution in [0.1, 0.15) is 31.2 Å². The molecule has 8 heteroatoms. The maximum absolute atomic E-state index is 13.2. The Morgan fingerprint density at radius 1 is 1.23 bits per heavy atom. The van der Waals surface area contributed by atoms with Crippen LogP contribution >= 0.6 is 22.9 Å². The fourth-order valence-corrected chi connectivity index (χ4v) is 4.94. The molecule has 1 aromatic heterocycles. The van der Waals surface area contributed by atoms with Crippen molar-refractivity contribution < 1.29 is 19.1 Å². The first-order valence-electron chi connectivity index (χ1n) is 9.39. The second-order valence-corrected chi connectivity index (χ2v) is 8.37. The zero-order valence-electron chi connectivity index (χ0n) is 16.8. The van der Waals surface area contributed by atoms with Crippen molar-refractivity contribution in [3.8, 4) is 22.3 Å². The van der Waals surface area contributed by atoms with Crippen molar-refractivity contribution in [2.45, 2.75) is 6.42 Å². The van der Waals surface area contributed by atoms with E-state index in [0.717, 1.165) is 16.0 Å². The SMILES string of the molecule is COC(=O)c1ccc(N(C)C(=O)c2cc3c(s2)-c2ccc(C#N)cc2OCC3)c(Cl)c1. The molecule has 1 aliphatic rings. The van der Waals surface area contributed by atoms with Crippen LogP contribution in [0.15, 0.2) is 42.5 Å². The number of hydrogen-bond acceptors (Lipinski definition) is 6. The highest BCUT2D eigenvalue weighted by molar-refractivity contribution is 7.17. The summed E-state index contributed by atoms with van der Waals surface area (Å²) >= 11 is 7.72. The van der Waals surface area contributed by atoms with Crippen molar-refractivity contribution in [1.29, 1.82) is 5.26 Å². The van der Waals surface area contributed by atoms with Gasteiger partial charge >= 0.3 is 5.97 Å². The van der Waals surface area contributed by atoms with E-state index in [1.54, 1.807) is 31.3 Å². The number of ether oxygens (including phenoxy) is 2. The third-order valence-electron chi connectivity index (χ3n) is 5.04. The Bertz CT molecular complexity index is 1240. The number of hydrogen-bond donors (Lipinski definition) is 0. The second kappa shape index (κ2) is 8.42. The molecular weight excluding hydrogens is 436 g/mol. The van der Waals surface area contributed by atoms with Gasteiger partial charge in [0.15, 0.2) is 0 Å². The van der Waals surface area contributed by atoms with E-state index in [-0.39, 0.29) is 10.9 Å². The van der Waals surface area contributed by atoms with E-state index in [1.807, 2.05) is 12.1 Å². The van der Waals surface area contributed by atoms with Crippen molar-refractivity contribution in [2.75, 3.05) is 25.7 Å². The van der Waals surface area contributed by atoms with E-state index in [1.165, 1.54) is 29.4 Å². The minimum Gasteiger partial charge on any atom is -0.493 e. The van der Waals surface area contributed by atoms with Crippen LogP contribution in [-0.4, -0.2) is 32.6 Å². The number of nitriles is 1. The first-order chi connectivity index (χ1) is 14.9. The molecule has 3 aromatic rings. The van der Waals surface area contributed by atoms with Crippen molar-refractivity contribution in [2.24, 2.45) is 0 Å². The Balaban J connectivity index is 1.67. The molecule has 31 heavy (non-hydrogen) atoms. The van der Waals surface area contributed by atoms with Crippen LogP contribution in [0.2, 0.25) is 5.02 Å². The first kappa shape index (κ1) is 20.9. The normalized spacial score (nSPS) is 11.9. The van der Waals surface area contributed by atoms with E-state index < -0.39 is 5.97 Å². The number of carbonyl (C=O) groups is 2. The van der Waals surface area contributed by atoms with Crippen LogP contribution in [-0.2, 0) is 11.2 Å². The summed E-state index contributed by atoms with van der Waals surface area (Å²) in [5, 5.41) is 9.42. The van der Waals surface area contributed by atoms with Gasteiger partial charge in [-0.05, 0) is 48.0 Å². The van der Waals surface area contributed by atoms with Gasteiger partial charge in [-0.1, -0.05) is 11.6 Å². The Labute approximate surface area is 188 Å². The molecule has 2 aromatic carbocycles. The van der Waals surface area contributed by atoms with Gasteiger partial charge in [0.2, 0.25) is 0 Å². The Kier molecular flexibility index (Phi) is 5.68. The summed E-state index contributed by atoms with van der Waals surface area (Å²) in [6.45, 7) is 0.468. The molecule has 0 saturated carbocycles. The van der Waals surface area contributed by atoms with Gasteiger partial charge < -0.3 is 14.4 Å². The standard InChI is InChI=1S/C23H17ClN2O4S/c1-26(18-6-4-15(10-17(18)24)23(28)29-2)22(27)20-11-14-7-8-30-19-9-13(12-25)3-5-16(19)21(14)31-20/h3-6,9-11H,7-8H2,1-2H3. The molecule has 0 radical (unpaired) electrons. The van der Waals surface area contributed by atoms with E-state index in [9.17, 15) is 9.59 Å². The van der Waals surface area contributed by atoms with Gasteiger partial charge in [0, 0.05) is 23.9 Å². The van der Waals surface area contributed by atoms with Crippen molar-refractivity contribution in [3.63, 3.8) is 0 Å². The minimum atomic E-state index is -0.495. The molecule has 0 saturated heterocycles. The smallest absolute Gasteiger partial charge is 0.337 e. The van der Waals surface area contributed by atoms with Gasteiger partial charge in [0.25, 0.3) is 5.91 Å². The molecule has 0 atom stereocenters. The first-order valence-corrected chi connectivity index (χ1v) is 10.6. The largest absolute Gasteiger partial charge is 0.493 e. The Hall–Kier alpha value is -3.34. The number of nitrogens with zero attached hydrogens (tertiary/aromatic N) is 2. The molecule has 4 rings (SSSR count). The lowest BCUT2D eigenvalue weighted by atomic mass is 10.1. The number of rotatable bonds is 3. The fourth-order valence-electron chi connectivity index (χ4n) is 3.42. The molecule has 1 amide bonds. The Morgan fingerprint density at radius 2 is 2.03 bits per heavy atom. The predicted molar refractivity (Wildman–Crippen MR) is 119 cm³/mol. The highest BCUT2D eigenvalue weighted by Crippen LogP contribution is 2.41. The molecule has 0 N–H and O–H groups in total. The minimum absolute atomic E-state index is 0.207. The number of methoxy groups -OCH3 is 1. The highest BCUT2D eigenvalue weighted by atomic mass is 35.5. The molecular formula is C23H17ClN2O4S. The summed E-state index contributed by atoms with van der Waals surface area (Å²) in [6, 6.07) is 14.0. The molecule has 0 spiro atoms. The topological polar surface area (TPSA) is 79.6 Å². The number of fused-ring (bicyclic) bond motifs is 3. The molecule has 0 fully saturated rings. The van der Waals surface area contributed by atoms with Gasteiger partial charge in [-0.3, -0.25) is 4.79 Å². The molecule has 0 unspecified atom stereocenters. The number of esters is 1. The van der Waals surface area contributed by atoms with E-state index in [0.29, 0.717) is 40.5 Å². The molecule has 0 bridgehead atoms. The number of benzene rings is 2. The maximum atomic E-state index is 13.2. The van der Waals surface area contributed by atoms with Crippen molar-refractivity contribution >= 4 is 40.5 Å². The average molecular weight is 453 g/mol. The van der Waals surface area contributed by atoms with Crippen LogP contribution in [0, 0.1) is 11.3 Å². The summed E-state index contributed by atoms with van der Waals surface area (Å²) in [6.07, 6.45) is 0.661. The second-order valence-electron chi connectivity index (χ2n) is 6.91. The number of amides is 1. The number of carbonyl (C=O) groups excluding carboxylic acids is 2. The van der Waals surface area contributed by atoms with Gasteiger partial charge in [0.1, 0.15) is 5.75 Å². The van der Waals surface area contributed by atoms with Gasteiger partial charge in [-0.15, -0.1) is 11.3 Å². The molecule has 6 nitrogen and oxygen atoms in total. The lowest BCUT2D eigenvalue weighted by Gasteiger charge is -2.18. The highest BCUT2D eigenvalue weighted by Gasteiger charge is 2.24. The lowest BCUT2D eigenvalue weighted by Crippen LogP contribution is -2.25. The molecule has 2 heterocycles. The fraction of sp³-hybridized carbons (Fsp3) is 0.174. The van der Waals surface area contributed by atoms with Crippen LogP contribution in [0.4, 0.5) is 5.69 Å². The molecule has 156 valence electrons.